The number of H-pyrrole nitrogens is 1. The van der Waals surface area contributed by atoms with E-state index in [1.54, 1.807) is 28.3 Å². The molecule has 154 valence electrons. The van der Waals surface area contributed by atoms with E-state index in [0.717, 1.165) is 22.2 Å². The Morgan fingerprint density at radius 1 is 1.17 bits per heavy atom. The van der Waals surface area contributed by atoms with E-state index in [4.69, 9.17) is 17.3 Å². The summed E-state index contributed by atoms with van der Waals surface area (Å²) in [6.07, 6.45) is 0. The van der Waals surface area contributed by atoms with Crippen LogP contribution in [0.5, 0.6) is 0 Å². The van der Waals surface area contributed by atoms with E-state index >= 15 is 0 Å². The molecule has 0 atom stereocenters. The zero-order chi connectivity index (χ0) is 21.6. The Bertz CT molecular complexity index is 1330. The molecule has 30 heavy (non-hydrogen) atoms. The Morgan fingerprint density at radius 3 is 2.60 bits per heavy atom. The lowest BCUT2D eigenvalue weighted by atomic mass is 10.0. The number of primary amides is 1. The van der Waals surface area contributed by atoms with Gasteiger partial charge >= 0.3 is 11.7 Å². The molecular weight excluding hydrogens is 404 g/mol. The number of rotatable bonds is 4. The van der Waals surface area contributed by atoms with Crippen molar-refractivity contribution in [3.05, 3.63) is 58.0 Å². The Balaban J connectivity index is 1.94. The number of nitrogens with one attached hydrogen (secondary N) is 2. The van der Waals surface area contributed by atoms with Crippen molar-refractivity contribution in [2.24, 2.45) is 12.8 Å². The van der Waals surface area contributed by atoms with Crippen LogP contribution in [0.25, 0.3) is 33.5 Å². The normalized spacial score (nSPS) is 11.4. The highest BCUT2D eigenvalue weighted by atomic mass is 35.5. The Kier molecular flexibility index (Phi) is 4.87. The summed E-state index contributed by atoms with van der Waals surface area (Å²) in [6, 6.07) is 12.3. The van der Waals surface area contributed by atoms with E-state index in [0.29, 0.717) is 16.4 Å². The van der Waals surface area contributed by atoms with Crippen LogP contribution in [0.2, 0.25) is 5.02 Å². The fourth-order valence-electron chi connectivity index (χ4n) is 3.62. The number of amides is 2. The minimum absolute atomic E-state index is 0.0348. The molecule has 4 rings (SSSR count). The number of urea groups is 1. The Morgan fingerprint density at radius 2 is 1.93 bits per heavy atom. The van der Waals surface area contributed by atoms with Crippen LogP contribution in [-0.4, -0.2) is 25.1 Å². The molecule has 0 unspecified atom stereocenters. The number of nitrogens with zero attached hydrogens (tertiary/aromatic N) is 3. The van der Waals surface area contributed by atoms with E-state index < -0.39 is 6.03 Å². The van der Waals surface area contributed by atoms with Gasteiger partial charge in [-0.25, -0.2) is 14.6 Å². The average Bonchev–Trinajstić information content (AvgIpc) is 3.20. The van der Waals surface area contributed by atoms with Crippen molar-refractivity contribution < 1.29 is 4.79 Å². The minimum atomic E-state index is -0.722. The summed E-state index contributed by atoms with van der Waals surface area (Å²) in [5.41, 5.74) is 9.68. The summed E-state index contributed by atoms with van der Waals surface area (Å²) < 4.78 is 3.38. The van der Waals surface area contributed by atoms with Crippen LogP contribution >= 0.6 is 11.6 Å². The van der Waals surface area contributed by atoms with Crippen LogP contribution in [0, 0.1) is 0 Å². The molecule has 2 aromatic carbocycles. The molecule has 0 aliphatic carbocycles. The van der Waals surface area contributed by atoms with Crippen molar-refractivity contribution in [1.82, 2.24) is 19.1 Å². The van der Waals surface area contributed by atoms with Crippen LogP contribution < -0.4 is 16.7 Å². The van der Waals surface area contributed by atoms with Gasteiger partial charge in [-0.2, -0.15) is 0 Å². The molecule has 8 nitrogen and oxygen atoms in total. The molecule has 0 aliphatic rings. The van der Waals surface area contributed by atoms with Gasteiger partial charge in [0.1, 0.15) is 0 Å². The third-order valence-electron chi connectivity index (χ3n) is 4.94. The van der Waals surface area contributed by atoms with Crippen molar-refractivity contribution >= 4 is 34.6 Å². The largest absolute Gasteiger partial charge is 0.351 e. The summed E-state index contributed by atoms with van der Waals surface area (Å²) in [7, 11) is 1.75. The van der Waals surface area contributed by atoms with Gasteiger partial charge in [0.2, 0.25) is 5.95 Å². The lowest BCUT2D eigenvalue weighted by molar-refractivity contribution is 0.259. The monoisotopic (exact) mass is 424 g/mol. The predicted octanol–water partition coefficient (Wildman–Crippen LogP) is 4.12. The SMILES string of the molecule is CC(C)n1c(=O)n(C)c2cc(-c3[nH]c(NC(N)=O)nc3-c3cccc(Cl)c3)ccc21. The van der Waals surface area contributed by atoms with Gasteiger partial charge < -0.3 is 10.7 Å². The maximum atomic E-state index is 12.7. The highest BCUT2D eigenvalue weighted by Gasteiger charge is 2.18. The molecule has 4 aromatic rings. The maximum absolute atomic E-state index is 12.7. The van der Waals surface area contributed by atoms with Crippen molar-refractivity contribution in [2.45, 2.75) is 19.9 Å². The molecule has 0 radical (unpaired) electrons. The van der Waals surface area contributed by atoms with E-state index in [1.807, 2.05) is 44.2 Å². The zero-order valence-corrected chi connectivity index (χ0v) is 17.5. The molecule has 4 N–H and O–H groups in total. The molecule has 0 fully saturated rings. The van der Waals surface area contributed by atoms with E-state index in [-0.39, 0.29) is 17.7 Å². The highest BCUT2D eigenvalue weighted by molar-refractivity contribution is 6.30. The molecule has 9 heteroatoms. The number of hydrogen-bond donors (Lipinski definition) is 3. The minimum Gasteiger partial charge on any atom is -0.351 e. The maximum Gasteiger partial charge on any atom is 0.329 e. The number of aromatic nitrogens is 4. The predicted molar refractivity (Wildman–Crippen MR) is 119 cm³/mol. The topological polar surface area (TPSA) is 111 Å². The molecule has 0 aliphatic heterocycles. The molecule has 0 saturated heterocycles. The zero-order valence-electron chi connectivity index (χ0n) is 16.7. The van der Waals surface area contributed by atoms with Crippen molar-refractivity contribution in [1.29, 1.82) is 0 Å². The number of nitrogens with two attached hydrogens (primary N) is 1. The van der Waals surface area contributed by atoms with E-state index in [1.165, 1.54) is 0 Å². The fraction of sp³-hybridized carbons (Fsp3) is 0.190. The molecular formula is C21H21ClN6O2. The number of halogens is 1. The molecule has 0 bridgehead atoms. The van der Waals surface area contributed by atoms with Gasteiger partial charge in [0, 0.05) is 29.2 Å². The van der Waals surface area contributed by atoms with Gasteiger partial charge in [0.15, 0.2) is 0 Å². The van der Waals surface area contributed by atoms with Crippen molar-refractivity contribution in [3.8, 4) is 22.5 Å². The second-order valence-electron chi connectivity index (χ2n) is 7.32. The van der Waals surface area contributed by atoms with Crippen LogP contribution in [0.4, 0.5) is 10.7 Å². The highest BCUT2D eigenvalue weighted by Crippen LogP contribution is 2.34. The second kappa shape index (κ2) is 7.38. The molecule has 2 aromatic heterocycles. The van der Waals surface area contributed by atoms with Gasteiger partial charge in [0.05, 0.1) is 22.4 Å². The first-order valence-corrected chi connectivity index (χ1v) is 9.78. The van der Waals surface area contributed by atoms with Gasteiger partial charge in [0.25, 0.3) is 0 Å². The van der Waals surface area contributed by atoms with Crippen LogP contribution in [0.1, 0.15) is 19.9 Å². The number of carbonyl (C=O) groups is 1. The first-order chi connectivity index (χ1) is 14.3. The first-order valence-electron chi connectivity index (χ1n) is 9.40. The van der Waals surface area contributed by atoms with Crippen molar-refractivity contribution in [2.75, 3.05) is 5.32 Å². The summed E-state index contributed by atoms with van der Waals surface area (Å²) in [5, 5.41) is 3.04. The second-order valence-corrected chi connectivity index (χ2v) is 7.75. The number of aryl methyl sites for hydroxylation is 1. The standard InChI is InChI=1S/C21H21ClN6O2/c1-11(2)28-15-8-7-13(10-16(15)27(3)21(28)30)18-17(12-5-4-6-14(22)9-12)24-20(25-18)26-19(23)29/h4-11H,1-3H3,(H4,23,24,25,26,29). The lowest BCUT2D eigenvalue weighted by Crippen LogP contribution is -2.23. The Labute approximate surface area is 177 Å². The van der Waals surface area contributed by atoms with Crippen molar-refractivity contribution in [3.63, 3.8) is 0 Å². The number of fused-ring (bicyclic) bond motifs is 1. The molecule has 0 saturated carbocycles. The van der Waals surface area contributed by atoms with Gasteiger partial charge in [-0.1, -0.05) is 29.8 Å². The molecule has 2 heterocycles. The summed E-state index contributed by atoms with van der Waals surface area (Å²) in [6.45, 7) is 3.95. The number of imidazole rings is 2. The lowest BCUT2D eigenvalue weighted by Gasteiger charge is -2.08. The number of benzene rings is 2. The van der Waals surface area contributed by atoms with Crippen LogP contribution in [0.15, 0.2) is 47.3 Å². The number of aromatic amines is 1. The number of hydrogen-bond acceptors (Lipinski definition) is 3. The number of anilines is 1. The average molecular weight is 425 g/mol. The van der Waals surface area contributed by atoms with Crippen LogP contribution in [0.3, 0.4) is 0 Å². The van der Waals surface area contributed by atoms with E-state index in [2.05, 4.69) is 15.3 Å². The number of carbonyl (C=O) groups excluding carboxylic acids is 1. The van der Waals surface area contributed by atoms with Gasteiger partial charge in [-0.05, 0) is 38.1 Å². The van der Waals surface area contributed by atoms with Gasteiger partial charge in [-0.15, -0.1) is 0 Å². The third kappa shape index (κ3) is 3.35. The molecule has 0 spiro atoms. The summed E-state index contributed by atoms with van der Waals surface area (Å²) >= 11 is 6.16. The summed E-state index contributed by atoms with van der Waals surface area (Å²) in [4.78, 5) is 31.6. The third-order valence-corrected chi connectivity index (χ3v) is 5.17. The van der Waals surface area contributed by atoms with E-state index in [9.17, 15) is 9.59 Å². The smallest absolute Gasteiger partial charge is 0.329 e. The van der Waals surface area contributed by atoms with Crippen LogP contribution in [-0.2, 0) is 7.05 Å². The fourth-order valence-corrected chi connectivity index (χ4v) is 3.81. The van der Waals surface area contributed by atoms with Gasteiger partial charge in [-0.3, -0.25) is 14.5 Å². The Hall–Kier alpha value is -3.52. The molecule has 2 amide bonds. The summed E-state index contributed by atoms with van der Waals surface area (Å²) in [5.74, 6) is 0.223. The quantitative estimate of drug-likeness (QED) is 0.458. The first kappa shape index (κ1) is 19.8.